The second kappa shape index (κ2) is 6.80. The Hall–Kier alpha value is -3.12. The third-order valence-corrected chi connectivity index (χ3v) is 6.18. The van der Waals surface area contributed by atoms with Gasteiger partial charge in [-0.05, 0) is 58.4 Å². The summed E-state index contributed by atoms with van der Waals surface area (Å²) in [7, 11) is 0. The van der Waals surface area contributed by atoms with Crippen LogP contribution in [0, 0.1) is 13.8 Å². The third-order valence-electron chi connectivity index (χ3n) is 6.18. The molecule has 28 heavy (non-hydrogen) atoms. The van der Waals surface area contributed by atoms with Gasteiger partial charge in [-0.25, -0.2) is 0 Å². The average Bonchev–Trinajstić information content (AvgIpc) is 2.76. The van der Waals surface area contributed by atoms with Gasteiger partial charge in [0.15, 0.2) is 0 Å². The molecule has 0 nitrogen and oxygen atoms in total. The van der Waals surface area contributed by atoms with Crippen LogP contribution >= 0.6 is 0 Å². The van der Waals surface area contributed by atoms with Crippen LogP contribution < -0.4 is 0 Å². The molecule has 5 rings (SSSR count). The van der Waals surface area contributed by atoms with Gasteiger partial charge in [0.1, 0.15) is 0 Å². The van der Waals surface area contributed by atoms with Crippen molar-refractivity contribution in [2.75, 3.05) is 0 Å². The summed E-state index contributed by atoms with van der Waals surface area (Å²) in [5.74, 6) is 0.569. The fourth-order valence-corrected chi connectivity index (χ4v) is 4.95. The highest BCUT2D eigenvalue weighted by atomic mass is 14.4. The van der Waals surface area contributed by atoms with Crippen molar-refractivity contribution in [3.05, 3.63) is 142 Å². The van der Waals surface area contributed by atoms with Crippen molar-refractivity contribution in [2.24, 2.45) is 0 Å². The largest absolute Gasteiger partial charge is 0.0622 e. The van der Waals surface area contributed by atoms with Gasteiger partial charge >= 0.3 is 0 Å². The van der Waals surface area contributed by atoms with Crippen molar-refractivity contribution in [3.8, 4) is 0 Å². The normalized spacial score (nSPS) is 17.6. The molecule has 1 aliphatic rings. The molecule has 0 heteroatoms. The van der Waals surface area contributed by atoms with E-state index in [2.05, 4.69) is 111 Å². The molecule has 0 saturated carbocycles. The lowest BCUT2D eigenvalue weighted by molar-refractivity contribution is 0.807. The first-order valence-corrected chi connectivity index (χ1v) is 10.0. The Balaban J connectivity index is 1.87. The first kappa shape index (κ1) is 17.0. The number of benzene rings is 4. The quantitative estimate of drug-likeness (QED) is 0.319. The zero-order valence-electron chi connectivity index (χ0n) is 16.4. The van der Waals surface area contributed by atoms with Crippen molar-refractivity contribution < 1.29 is 0 Å². The number of rotatable bonds is 2. The lowest BCUT2D eigenvalue weighted by atomic mass is 9.66. The molecule has 0 amide bonds. The van der Waals surface area contributed by atoms with Crippen LogP contribution in [0.5, 0.6) is 0 Å². The lowest BCUT2D eigenvalue weighted by Gasteiger charge is -2.37. The average molecular weight is 361 g/mol. The molecule has 0 spiro atoms. The van der Waals surface area contributed by atoms with E-state index in [-0.39, 0.29) is 11.8 Å². The summed E-state index contributed by atoms with van der Waals surface area (Å²) in [5.41, 5.74) is 11.3. The number of hydrogen-bond acceptors (Lipinski definition) is 0. The zero-order chi connectivity index (χ0) is 19.1. The minimum atomic E-state index is 0.285. The smallest absolute Gasteiger partial charge is 0.0348 e. The second-order valence-corrected chi connectivity index (χ2v) is 7.84. The summed E-state index contributed by atoms with van der Waals surface area (Å²) >= 11 is 0. The van der Waals surface area contributed by atoms with Crippen LogP contribution in [-0.4, -0.2) is 0 Å². The van der Waals surface area contributed by atoms with E-state index in [0.29, 0.717) is 0 Å². The van der Waals surface area contributed by atoms with Crippen molar-refractivity contribution in [1.29, 1.82) is 0 Å². The highest BCUT2D eigenvalue weighted by molar-refractivity contribution is 5.64. The first-order chi connectivity index (χ1) is 13.8. The molecule has 0 fully saturated rings. The number of fused-ring (bicyclic) bond motifs is 2. The van der Waals surface area contributed by atoms with Crippen LogP contribution in [0.1, 0.15) is 56.3 Å². The highest BCUT2D eigenvalue weighted by Crippen LogP contribution is 2.50. The van der Waals surface area contributed by atoms with Crippen LogP contribution in [0.4, 0.5) is 0 Å². The molecule has 136 valence electrons. The van der Waals surface area contributed by atoms with E-state index in [1.807, 2.05) is 0 Å². The molecule has 0 heterocycles. The van der Waals surface area contributed by atoms with E-state index in [1.54, 1.807) is 0 Å². The first-order valence-electron chi connectivity index (χ1n) is 10.0. The Morgan fingerprint density at radius 2 is 0.786 bits per heavy atom. The zero-order valence-corrected chi connectivity index (χ0v) is 16.4. The minimum Gasteiger partial charge on any atom is -0.0622 e. The fourth-order valence-electron chi connectivity index (χ4n) is 4.95. The molecule has 2 atom stereocenters. The minimum absolute atomic E-state index is 0.285. The van der Waals surface area contributed by atoms with Crippen LogP contribution in [0.25, 0.3) is 0 Å². The molecule has 0 bridgehead atoms. The van der Waals surface area contributed by atoms with Gasteiger partial charge in [0.25, 0.3) is 0 Å². The molecule has 4 aromatic carbocycles. The molecule has 0 saturated heterocycles. The van der Waals surface area contributed by atoms with Crippen LogP contribution in [-0.2, 0) is 0 Å². The summed E-state index contributed by atoms with van der Waals surface area (Å²) < 4.78 is 0. The van der Waals surface area contributed by atoms with Crippen molar-refractivity contribution in [1.82, 2.24) is 0 Å². The fraction of sp³-hybridized carbons (Fsp3) is 0.143. The topological polar surface area (TPSA) is 0 Å². The molecule has 0 N–H and O–H groups in total. The van der Waals surface area contributed by atoms with E-state index >= 15 is 0 Å². The van der Waals surface area contributed by atoms with Gasteiger partial charge < -0.3 is 0 Å². The Morgan fingerprint density at radius 1 is 0.429 bits per heavy atom. The standard InChI is InChI=1S/C28H24/c1-19-17-18-20(2)26-25(19)27(21-11-5-3-6-12-21)23-15-9-10-16-24(23)28(26)22-13-7-4-8-14-22/h3-18,27-28H,1-2H3. The molecular formula is C28H24. The SMILES string of the molecule is Cc1ccc(C)c2c1C(c1ccccc1)c1ccccc1C2c1ccccc1. The Kier molecular flexibility index (Phi) is 4.13. The van der Waals surface area contributed by atoms with Crippen molar-refractivity contribution >= 4 is 0 Å². The monoisotopic (exact) mass is 360 g/mol. The van der Waals surface area contributed by atoms with E-state index in [1.165, 1.54) is 44.5 Å². The van der Waals surface area contributed by atoms with Gasteiger partial charge in [0.05, 0.1) is 0 Å². The Bertz CT molecular complexity index is 1030. The Labute approximate surface area is 167 Å². The summed E-state index contributed by atoms with van der Waals surface area (Å²) in [5, 5.41) is 0. The molecular weight excluding hydrogens is 336 g/mol. The molecule has 0 aromatic heterocycles. The van der Waals surface area contributed by atoms with Crippen LogP contribution in [0.3, 0.4) is 0 Å². The Morgan fingerprint density at radius 3 is 1.18 bits per heavy atom. The molecule has 0 radical (unpaired) electrons. The molecule has 2 unspecified atom stereocenters. The van der Waals surface area contributed by atoms with Crippen LogP contribution in [0.2, 0.25) is 0 Å². The maximum atomic E-state index is 2.33. The van der Waals surface area contributed by atoms with Gasteiger partial charge in [-0.15, -0.1) is 0 Å². The predicted molar refractivity (Wildman–Crippen MR) is 117 cm³/mol. The summed E-state index contributed by atoms with van der Waals surface area (Å²) in [6.45, 7) is 4.54. The lowest BCUT2D eigenvalue weighted by Crippen LogP contribution is -2.22. The predicted octanol–water partition coefficient (Wildman–Crippen LogP) is 6.98. The van der Waals surface area contributed by atoms with E-state index in [0.717, 1.165) is 0 Å². The van der Waals surface area contributed by atoms with Gasteiger partial charge in [0.2, 0.25) is 0 Å². The van der Waals surface area contributed by atoms with Gasteiger partial charge in [-0.3, -0.25) is 0 Å². The van der Waals surface area contributed by atoms with Gasteiger partial charge in [0, 0.05) is 11.8 Å². The van der Waals surface area contributed by atoms with E-state index < -0.39 is 0 Å². The van der Waals surface area contributed by atoms with Crippen molar-refractivity contribution in [2.45, 2.75) is 25.7 Å². The second-order valence-electron chi connectivity index (χ2n) is 7.84. The summed E-state index contributed by atoms with van der Waals surface area (Å²) in [6, 6.07) is 35.6. The summed E-state index contributed by atoms with van der Waals surface area (Å²) in [4.78, 5) is 0. The molecule has 0 aliphatic heterocycles. The maximum absolute atomic E-state index is 2.33. The van der Waals surface area contributed by atoms with Crippen molar-refractivity contribution in [3.63, 3.8) is 0 Å². The third kappa shape index (κ3) is 2.60. The maximum Gasteiger partial charge on any atom is 0.0348 e. The van der Waals surface area contributed by atoms with Gasteiger partial charge in [-0.2, -0.15) is 0 Å². The van der Waals surface area contributed by atoms with E-state index in [9.17, 15) is 0 Å². The van der Waals surface area contributed by atoms with E-state index in [4.69, 9.17) is 0 Å². The number of hydrogen-bond donors (Lipinski definition) is 0. The highest BCUT2D eigenvalue weighted by Gasteiger charge is 2.35. The van der Waals surface area contributed by atoms with Crippen LogP contribution in [0.15, 0.2) is 97.1 Å². The number of aryl methyl sites for hydroxylation is 2. The summed E-state index contributed by atoms with van der Waals surface area (Å²) in [6.07, 6.45) is 0. The molecule has 4 aromatic rings. The van der Waals surface area contributed by atoms with Gasteiger partial charge in [-0.1, -0.05) is 97.1 Å². The molecule has 1 aliphatic carbocycles.